The largest absolute Gasteiger partial charge is 0.399 e. The van der Waals surface area contributed by atoms with E-state index >= 15 is 0 Å². The summed E-state index contributed by atoms with van der Waals surface area (Å²) in [4.78, 5) is 20.6. The molecule has 110 valence electrons. The van der Waals surface area contributed by atoms with Gasteiger partial charge in [0.05, 0.1) is 5.75 Å². The van der Waals surface area contributed by atoms with E-state index in [1.165, 1.54) is 11.8 Å². The lowest BCUT2D eigenvalue weighted by Crippen LogP contribution is -2.15. The molecule has 2 aromatic rings. The second-order valence-corrected chi connectivity index (χ2v) is 5.79. The number of aromatic nitrogens is 2. The average Bonchev–Trinajstić information content (AvgIpc) is 2.39. The highest BCUT2D eigenvalue weighted by molar-refractivity contribution is 7.99. The van der Waals surface area contributed by atoms with Gasteiger partial charge in [-0.3, -0.25) is 4.79 Å². The van der Waals surface area contributed by atoms with Gasteiger partial charge in [-0.15, -0.1) is 0 Å². The van der Waals surface area contributed by atoms with Crippen molar-refractivity contribution in [2.24, 2.45) is 0 Å². The minimum Gasteiger partial charge on any atom is -0.399 e. The summed E-state index contributed by atoms with van der Waals surface area (Å²) >= 11 is 1.33. The lowest BCUT2D eigenvalue weighted by Gasteiger charge is -2.09. The van der Waals surface area contributed by atoms with Crippen LogP contribution in [-0.2, 0) is 4.79 Å². The number of amides is 1. The van der Waals surface area contributed by atoms with Crippen LogP contribution in [0, 0.1) is 20.8 Å². The maximum absolute atomic E-state index is 12.0. The molecule has 0 aliphatic rings. The van der Waals surface area contributed by atoms with Gasteiger partial charge >= 0.3 is 0 Å². The third kappa shape index (κ3) is 4.46. The smallest absolute Gasteiger partial charge is 0.234 e. The Balaban J connectivity index is 1.95. The fraction of sp³-hybridized carbons (Fsp3) is 0.267. The summed E-state index contributed by atoms with van der Waals surface area (Å²) in [5, 5.41) is 3.49. The summed E-state index contributed by atoms with van der Waals surface area (Å²) in [6, 6.07) is 7.31. The monoisotopic (exact) mass is 302 g/mol. The second kappa shape index (κ2) is 6.58. The Bertz CT molecular complexity index is 652. The first kappa shape index (κ1) is 15.3. The predicted octanol–water partition coefficient (Wildman–Crippen LogP) is 2.71. The molecular weight excluding hydrogens is 284 g/mol. The molecule has 0 saturated carbocycles. The SMILES string of the molecule is Cc1cc(C)nc(SCC(=O)Nc2ccc(N)cc2C)n1. The van der Waals surface area contributed by atoms with Crippen molar-refractivity contribution in [2.45, 2.75) is 25.9 Å². The van der Waals surface area contributed by atoms with Crippen LogP contribution in [0.2, 0.25) is 0 Å². The summed E-state index contributed by atoms with van der Waals surface area (Å²) in [7, 11) is 0. The van der Waals surface area contributed by atoms with Crippen LogP contribution in [0.4, 0.5) is 11.4 Å². The molecule has 0 aliphatic carbocycles. The molecule has 6 heteroatoms. The van der Waals surface area contributed by atoms with Gasteiger partial charge < -0.3 is 11.1 Å². The number of carbonyl (C=O) groups is 1. The Morgan fingerprint density at radius 3 is 2.48 bits per heavy atom. The number of benzene rings is 1. The van der Waals surface area contributed by atoms with Crippen molar-refractivity contribution in [2.75, 3.05) is 16.8 Å². The summed E-state index contributed by atoms with van der Waals surface area (Å²) in [5.74, 6) is 0.183. The van der Waals surface area contributed by atoms with Crippen molar-refractivity contribution in [1.82, 2.24) is 9.97 Å². The van der Waals surface area contributed by atoms with E-state index in [9.17, 15) is 4.79 Å². The third-order valence-electron chi connectivity index (χ3n) is 2.82. The highest BCUT2D eigenvalue weighted by Gasteiger charge is 2.08. The molecule has 0 atom stereocenters. The minimum atomic E-state index is -0.0874. The van der Waals surface area contributed by atoms with Gasteiger partial charge in [-0.25, -0.2) is 9.97 Å². The lowest BCUT2D eigenvalue weighted by molar-refractivity contribution is -0.113. The average molecular weight is 302 g/mol. The van der Waals surface area contributed by atoms with Crippen LogP contribution in [-0.4, -0.2) is 21.6 Å². The minimum absolute atomic E-state index is 0.0874. The van der Waals surface area contributed by atoms with Gasteiger partial charge in [0.2, 0.25) is 5.91 Å². The molecule has 1 amide bonds. The number of nitrogens with one attached hydrogen (secondary N) is 1. The van der Waals surface area contributed by atoms with E-state index in [1.54, 1.807) is 12.1 Å². The Morgan fingerprint density at radius 1 is 1.19 bits per heavy atom. The summed E-state index contributed by atoms with van der Waals surface area (Å²) in [6.07, 6.45) is 0. The van der Waals surface area contributed by atoms with Crippen LogP contribution in [0.15, 0.2) is 29.4 Å². The number of nitrogens with two attached hydrogens (primary N) is 1. The van der Waals surface area contributed by atoms with Crippen LogP contribution >= 0.6 is 11.8 Å². The molecule has 0 unspecified atom stereocenters. The summed E-state index contributed by atoms with van der Waals surface area (Å²) < 4.78 is 0. The number of nitrogens with zero attached hydrogens (tertiary/aromatic N) is 2. The van der Waals surface area contributed by atoms with Crippen LogP contribution in [0.1, 0.15) is 17.0 Å². The molecule has 1 aromatic carbocycles. The molecule has 0 spiro atoms. The molecule has 1 aromatic heterocycles. The lowest BCUT2D eigenvalue weighted by atomic mass is 10.2. The number of nitrogen functional groups attached to an aromatic ring is 1. The van der Waals surface area contributed by atoms with E-state index in [1.807, 2.05) is 32.9 Å². The van der Waals surface area contributed by atoms with Crippen LogP contribution in [0.3, 0.4) is 0 Å². The van der Waals surface area contributed by atoms with Crippen molar-refractivity contribution in [3.8, 4) is 0 Å². The van der Waals surface area contributed by atoms with Crippen LogP contribution in [0.25, 0.3) is 0 Å². The molecule has 21 heavy (non-hydrogen) atoms. The Kier molecular flexibility index (Phi) is 4.80. The standard InChI is InChI=1S/C15H18N4OS/c1-9-6-12(16)4-5-13(9)19-14(20)8-21-15-17-10(2)7-11(3)18-15/h4-7H,8,16H2,1-3H3,(H,19,20). The summed E-state index contributed by atoms with van der Waals surface area (Å²) in [6.45, 7) is 5.74. The number of rotatable bonds is 4. The third-order valence-corrected chi connectivity index (χ3v) is 3.67. The van der Waals surface area contributed by atoms with E-state index < -0.39 is 0 Å². The molecule has 0 radical (unpaired) electrons. The maximum Gasteiger partial charge on any atom is 0.234 e. The Hall–Kier alpha value is -2.08. The second-order valence-electron chi connectivity index (χ2n) is 4.84. The molecule has 2 rings (SSSR count). The molecule has 0 saturated heterocycles. The van der Waals surface area contributed by atoms with Crippen LogP contribution in [0.5, 0.6) is 0 Å². The quantitative estimate of drug-likeness (QED) is 0.515. The fourth-order valence-electron chi connectivity index (χ4n) is 1.90. The fourth-order valence-corrected chi connectivity index (χ4v) is 2.65. The number of carbonyl (C=O) groups excluding carboxylic acids is 1. The van der Waals surface area contributed by atoms with Gasteiger partial charge in [0, 0.05) is 22.8 Å². The van der Waals surface area contributed by atoms with Crippen molar-refractivity contribution >= 4 is 29.0 Å². The van der Waals surface area contributed by atoms with E-state index in [2.05, 4.69) is 15.3 Å². The van der Waals surface area contributed by atoms with Crippen molar-refractivity contribution in [3.63, 3.8) is 0 Å². The molecule has 0 aliphatic heterocycles. The normalized spacial score (nSPS) is 10.4. The number of thioether (sulfide) groups is 1. The number of hydrogen-bond donors (Lipinski definition) is 2. The van der Waals surface area contributed by atoms with Gasteiger partial charge in [0.1, 0.15) is 0 Å². The van der Waals surface area contributed by atoms with Crippen molar-refractivity contribution in [1.29, 1.82) is 0 Å². The maximum atomic E-state index is 12.0. The van der Waals surface area contributed by atoms with Gasteiger partial charge in [0.15, 0.2) is 5.16 Å². The zero-order valence-corrected chi connectivity index (χ0v) is 13.1. The van der Waals surface area contributed by atoms with Crippen molar-refractivity contribution < 1.29 is 4.79 Å². The predicted molar refractivity (Wildman–Crippen MR) is 86.5 cm³/mol. The first-order valence-electron chi connectivity index (χ1n) is 6.55. The number of aryl methyl sites for hydroxylation is 3. The Morgan fingerprint density at radius 2 is 1.86 bits per heavy atom. The van der Waals surface area contributed by atoms with E-state index in [0.29, 0.717) is 10.8 Å². The first-order chi connectivity index (χ1) is 9.94. The van der Waals surface area contributed by atoms with Gasteiger partial charge in [-0.1, -0.05) is 11.8 Å². The van der Waals surface area contributed by atoms with Crippen molar-refractivity contribution in [3.05, 3.63) is 41.2 Å². The summed E-state index contributed by atoms with van der Waals surface area (Å²) in [5.41, 5.74) is 9.89. The van der Waals surface area contributed by atoms with Gasteiger partial charge in [-0.05, 0) is 50.6 Å². The zero-order chi connectivity index (χ0) is 15.4. The molecule has 3 N–H and O–H groups in total. The molecule has 5 nitrogen and oxygen atoms in total. The highest BCUT2D eigenvalue weighted by atomic mass is 32.2. The molecule has 0 fully saturated rings. The molecule has 0 bridgehead atoms. The Labute approximate surface area is 128 Å². The first-order valence-corrected chi connectivity index (χ1v) is 7.53. The van der Waals surface area contributed by atoms with E-state index in [4.69, 9.17) is 5.73 Å². The van der Waals surface area contributed by atoms with Gasteiger partial charge in [0.25, 0.3) is 0 Å². The molecular formula is C15H18N4OS. The topological polar surface area (TPSA) is 80.9 Å². The van der Waals surface area contributed by atoms with E-state index in [0.717, 1.165) is 22.6 Å². The van der Waals surface area contributed by atoms with Crippen LogP contribution < -0.4 is 11.1 Å². The number of anilines is 2. The highest BCUT2D eigenvalue weighted by Crippen LogP contribution is 2.19. The zero-order valence-electron chi connectivity index (χ0n) is 12.3. The van der Waals surface area contributed by atoms with Gasteiger partial charge in [-0.2, -0.15) is 0 Å². The molecule has 1 heterocycles. The van der Waals surface area contributed by atoms with E-state index in [-0.39, 0.29) is 11.7 Å². The number of hydrogen-bond acceptors (Lipinski definition) is 5.